The van der Waals surface area contributed by atoms with Crippen molar-refractivity contribution in [1.82, 2.24) is 0 Å². The van der Waals surface area contributed by atoms with E-state index in [0.717, 1.165) is 22.2 Å². The van der Waals surface area contributed by atoms with Crippen molar-refractivity contribution in [2.45, 2.75) is 13.8 Å². The number of fused-ring (bicyclic) bond motifs is 1. The zero-order valence-electron chi connectivity index (χ0n) is 17.1. The van der Waals surface area contributed by atoms with E-state index < -0.39 is 0 Å². The molecule has 0 radical (unpaired) electrons. The molecule has 0 aliphatic heterocycles. The van der Waals surface area contributed by atoms with Gasteiger partial charge in [-0.15, -0.1) is 0 Å². The molecule has 0 saturated heterocycles. The van der Waals surface area contributed by atoms with Crippen LogP contribution in [0.2, 0.25) is 0 Å². The van der Waals surface area contributed by atoms with Gasteiger partial charge in [-0.3, -0.25) is 4.79 Å². The summed E-state index contributed by atoms with van der Waals surface area (Å²) in [5.74, 6) is 0.312. The molecule has 4 rings (SSSR count). The Morgan fingerprint density at radius 1 is 0.967 bits per heavy atom. The average Bonchev–Trinajstić information content (AvgIpc) is 2.75. The van der Waals surface area contributed by atoms with Crippen molar-refractivity contribution in [3.8, 4) is 5.75 Å². The topological polar surface area (TPSA) is 63.8 Å². The van der Waals surface area contributed by atoms with Gasteiger partial charge < -0.3 is 14.5 Å². The number of para-hydroxylation sites is 3. The second-order valence-corrected chi connectivity index (χ2v) is 7.06. The van der Waals surface area contributed by atoms with Gasteiger partial charge in [-0.1, -0.05) is 48.0 Å². The molecule has 5 nitrogen and oxygen atoms in total. The van der Waals surface area contributed by atoms with Crippen LogP contribution in [-0.2, 0) is 0 Å². The molecule has 1 amide bonds. The minimum absolute atomic E-state index is 0.223. The summed E-state index contributed by atoms with van der Waals surface area (Å²) >= 11 is 0. The Bertz CT molecular complexity index is 1310. The monoisotopic (exact) mass is 398 g/mol. The number of methoxy groups -OCH3 is 1. The second-order valence-electron chi connectivity index (χ2n) is 7.06. The van der Waals surface area contributed by atoms with Gasteiger partial charge in [-0.2, -0.15) is 0 Å². The molecule has 0 atom stereocenters. The number of ether oxygens (including phenoxy) is 1. The van der Waals surface area contributed by atoms with E-state index in [9.17, 15) is 4.79 Å². The number of aryl methyl sites for hydroxylation is 2. The molecular weight excluding hydrogens is 376 g/mol. The number of rotatable bonds is 4. The van der Waals surface area contributed by atoms with Crippen molar-refractivity contribution in [2.75, 3.05) is 12.4 Å². The molecule has 0 aliphatic carbocycles. The van der Waals surface area contributed by atoms with Gasteiger partial charge in [0.2, 0.25) is 5.55 Å². The van der Waals surface area contributed by atoms with Crippen LogP contribution in [0, 0.1) is 13.8 Å². The van der Waals surface area contributed by atoms with E-state index in [0.29, 0.717) is 22.6 Å². The molecule has 150 valence electrons. The van der Waals surface area contributed by atoms with E-state index in [4.69, 9.17) is 9.15 Å². The standard InChI is InChI=1S/C25H22N2O3/c1-16-12-13-20(17(2)14-16)26-24(28)19-15-18-8-4-6-10-22(18)30-25(19)27-21-9-5-7-11-23(21)29-3/h4-15H,1-3H3,(H,26,28). The normalized spacial score (nSPS) is 11.5. The highest BCUT2D eigenvalue weighted by Gasteiger charge is 2.14. The SMILES string of the molecule is COc1ccccc1N=c1oc2ccccc2cc1C(=O)Nc1ccc(C)cc1C. The van der Waals surface area contributed by atoms with E-state index >= 15 is 0 Å². The summed E-state index contributed by atoms with van der Waals surface area (Å²) < 4.78 is 11.4. The molecule has 0 bridgehead atoms. The lowest BCUT2D eigenvalue weighted by atomic mass is 10.1. The van der Waals surface area contributed by atoms with Crippen LogP contribution in [0.3, 0.4) is 0 Å². The molecule has 0 fully saturated rings. The molecule has 1 heterocycles. The fourth-order valence-corrected chi connectivity index (χ4v) is 3.29. The number of benzene rings is 3. The maximum Gasteiger partial charge on any atom is 0.261 e. The highest BCUT2D eigenvalue weighted by Crippen LogP contribution is 2.26. The van der Waals surface area contributed by atoms with Crippen LogP contribution in [0.4, 0.5) is 11.4 Å². The first-order chi connectivity index (χ1) is 14.5. The van der Waals surface area contributed by atoms with E-state index in [1.807, 2.05) is 80.6 Å². The third-order valence-corrected chi connectivity index (χ3v) is 4.84. The zero-order chi connectivity index (χ0) is 21.1. The lowest BCUT2D eigenvalue weighted by Gasteiger charge is -2.10. The fourth-order valence-electron chi connectivity index (χ4n) is 3.29. The molecule has 0 spiro atoms. The molecular formula is C25H22N2O3. The summed E-state index contributed by atoms with van der Waals surface area (Å²) in [5.41, 5.74) is 4.68. The Hall–Kier alpha value is -3.86. The predicted molar refractivity (Wildman–Crippen MR) is 118 cm³/mol. The molecule has 3 aromatic carbocycles. The third kappa shape index (κ3) is 3.96. The highest BCUT2D eigenvalue weighted by molar-refractivity contribution is 6.05. The first-order valence-corrected chi connectivity index (χ1v) is 9.64. The van der Waals surface area contributed by atoms with Crippen molar-refractivity contribution in [3.63, 3.8) is 0 Å². The van der Waals surface area contributed by atoms with Crippen LogP contribution in [0.15, 0.2) is 82.2 Å². The minimum atomic E-state index is -0.287. The maximum absolute atomic E-state index is 13.2. The van der Waals surface area contributed by atoms with Crippen LogP contribution in [0.1, 0.15) is 21.5 Å². The molecule has 0 unspecified atom stereocenters. The summed E-state index contributed by atoms with van der Waals surface area (Å²) in [6, 6.07) is 22.6. The molecule has 4 aromatic rings. The second kappa shape index (κ2) is 8.25. The lowest BCUT2D eigenvalue weighted by molar-refractivity contribution is 0.102. The van der Waals surface area contributed by atoms with Crippen LogP contribution >= 0.6 is 0 Å². The Labute approximate surface area is 174 Å². The number of hydrogen-bond donors (Lipinski definition) is 1. The summed E-state index contributed by atoms with van der Waals surface area (Å²) in [6.45, 7) is 3.98. The Kier molecular flexibility index (Phi) is 5.35. The largest absolute Gasteiger partial charge is 0.494 e. The highest BCUT2D eigenvalue weighted by atomic mass is 16.5. The van der Waals surface area contributed by atoms with Gasteiger partial charge in [-0.05, 0) is 49.7 Å². The van der Waals surface area contributed by atoms with E-state index in [-0.39, 0.29) is 11.5 Å². The number of nitrogens with one attached hydrogen (secondary N) is 1. The van der Waals surface area contributed by atoms with E-state index in [1.165, 1.54) is 0 Å². The van der Waals surface area contributed by atoms with Crippen molar-refractivity contribution < 1.29 is 13.9 Å². The average molecular weight is 398 g/mol. The van der Waals surface area contributed by atoms with Crippen molar-refractivity contribution >= 4 is 28.3 Å². The Morgan fingerprint density at radius 3 is 2.53 bits per heavy atom. The molecule has 1 aromatic heterocycles. The zero-order valence-corrected chi connectivity index (χ0v) is 17.1. The van der Waals surface area contributed by atoms with Gasteiger partial charge in [-0.25, -0.2) is 4.99 Å². The molecule has 0 saturated carbocycles. The van der Waals surface area contributed by atoms with Crippen LogP contribution in [-0.4, -0.2) is 13.0 Å². The first kappa shape index (κ1) is 19.5. The number of carbonyl (C=O) groups excluding carboxylic acids is 1. The van der Waals surface area contributed by atoms with Crippen LogP contribution < -0.4 is 15.6 Å². The van der Waals surface area contributed by atoms with Crippen molar-refractivity contribution in [2.24, 2.45) is 4.99 Å². The van der Waals surface area contributed by atoms with Gasteiger partial charge in [0.25, 0.3) is 5.91 Å². The first-order valence-electron chi connectivity index (χ1n) is 9.64. The van der Waals surface area contributed by atoms with Gasteiger partial charge in [0.1, 0.15) is 22.6 Å². The van der Waals surface area contributed by atoms with Crippen molar-refractivity contribution in [1.29, 1.82) is 0 Å². The number of carbonyl (C=O) groups is 1. The quantitative estimate of drug-likeness (QED) is 0.491. The number of hydrogen-bond acceptors (Lipinski definition) is 4. The van der Waals surface area contributed by atoms with Crippen LogP contribution in [0.25, 0.3) is 11.0 Å². The lowest BCUT2D eigenvalue weighted by Crippen LogP contribution is -2.22. The van der Waals surface area contributed by atoms with E-state index in [1.54, 1.807) is 13.2 Å². The minimum Gasteiger partial charge on any atom is -0.494 e. The van der Waals surface area contributed by atoms with Gasteiger partial charge in [0, 0.05) is 11.1 Å². The summed E-state index contributed by atoms with van der Waals surface area (Å²) in [4.78, 5) is 17.8. The summed E-state index contributed by atoms with van der Waals surface area (Å²) in [5, 5.41) is 3.80. The van der Waals surface area contributed by atoms with Crippen molar-refractivity contribution in [3.05, 3.63) is 95.0 Å². The Morgan fingerprint density at radius 2 is 1.73 bits per heavy atom. The van der Waals surface area contributed by atoms with Gasteiger partial charge in [0.15, 0.2) is 0 Å². The smallest absolute Gasteiger partial charge is 0.261 e. The predicted octanol–water partition coefficient (Wildman–Crippen LogP) is 5.54. The number of anilines is 1. The number of nitrogens with zero attached hydrogens (tertiary/aromatic N) is 1. The van der Waals surface area contributed by atoms with Gasteiger partial charge in [0.05, 0.1) is 7.11 Å². The fraction of sp³-hybridized carbons (Fsp3) is 0.120. The Balaban J connectivity index is 1.86. The van der Waals surface area contributed by atoms with E-state index in [2.05, 4.69) is 10.3 Å². The molecule has 5 heteroatoms. The van der Waals surface area contributed by atoms with Gasteiger partial charge >= 0.3 is 0 Å². The molecule has 1 N–H and O–H groups in total. The third-order valence-electron chi connectivity index (χ3n) is 4.84. The molecule has 30 heavy (non-hydrogen) atoms. The molecule has 0 aliphatic rings. The maximum atomic E-state index is 13.2. The summed E-state index contributed by atoms with van der Waals surface area (Å²) in [7, 11) is 1.58. The number of amides is 1. The van der Waals surface area contributed by atoms with Crippen LogP contribution in [0.5, 0.6) is 5.75 Å². The summed E-state index contributed by atoms with van der Waals surface area (Å²) in [6.07, 6.45) is 0.